The Morgan fingerprint density at radius 1 is 1.38 bits per heavy atom. The molecule has 2 saturated carbocycles. The van der Waals surface area contributed by atoms with Gasteiger partial charge in [0, 0.05) is 0 Å². The van der Waals surface area contributed by atoms with Crippen molar-refractivity contribution in [3.8, 4) is 6.07 Å². The molecule has 0 aromatic heterocycles. The van der Waals surface area contributed by atoms with Gasteiger partial charge in [0.2, 0.25) is 0 Å². The quantitative estimate of drug-likeness (QED) is 0.408. The van der Waals surface area contributed by atoms with E-state index >= 15 is 0 Å². The number of fused-ring (bicyclic) bond motifs is 2. The first kappa shape index (κ1) is 8.32. The number of nitrogens with zero attached hydrogens (tertiary/aromatic N) is 2. The highest BCUT2D eigenvalue weighted by molar-refractivity contribution is 5.34. The fraction of sp³-hybridized carbons (Fsp3) is 0.636. The first-order valence-corrected chi connectivity index (χ1v) is 4.83. The lowest BCUT2D eigenvalue weighted by molar-refractivity contribution is 0.425. The summed E-state index contributed by atoms with van der Waals surface area (Å²) in [5.41, 5.74) is 1.51. The molecule has 0 radical (unpaired) electrons. The zero-order chi connectivity index (χ0) is 9.26. The highest BCUT2D eigenvalue weighted by atomic mass is 14.7. The van der Waals surface area contributed by atoms with E-state index in [9.17, 15) is 0 Å². The SMILES string of the molecule is [C-]#[N+]C(C#N)=C1CC2CCC(C1)C2. The van der Waals surface area contributed by atoms with Crippen LogP contribution in [0.15, 0.2) is 11.3 Å². The monoisotopic (exact) mass is 172 g/mol. The molecule has 0 amide bonds. The van der Waals surface area contributed by atoms with Gasteiger partial charge in [0.1, 0.15) is 0 Å². The molecule has 2 atom stereocenters. The average Bonchev–Trinajstić information content (AvgIpc) is 2.48. The number of hydrogen-bond donors (Lipinski definition) is 0. The van der Waals surface area contributed by atoms with Crippen LogP contribution in [0.3, 0.4) is 0 Å². The molecule has 2 unspecified atom stereocenters. The molecule has 2 aliphatic rings. The Bertz CT molecular complexity index is 297. The van der Waals surface area contributed by atoms with Gasteiger partial charge < -0.3 is 0 Å². The van der Waals surface area contributed by atoms with Crippen LogP contribution >= 0.6 is 0 Å². The molecule has 13 heavy (non-hydrogen) atoms. The normalized spacial score (nSPS) is 30.8. The number of nitriles is 1. The second kappa shape index (κ2) is 3.23. The Balaban J connectivity index is 2.24. The highest BCUT2D eigenvalue weighted by Crippen LogP contribution is 2.45. The molecule has 0 spiro atoms. The maximum absolute atomic E-state index is 8.75. The van der Waals surface area contributed by atoms with E-state index in [4.69, 9.17) is 11.8 Å². The summed E-state index contributed by atoms with van der Waals surface area (Å²) >= 11 is 0. The summed E-state index contributed by atoms with van der Waals surface area (Å²) in [5, 5.41) is 8.75. The maximum Gasteiger partial charge on any atom is 0.261 e. The van der Waals surface area contributed by atoms with Gasteiger partial charge in [-0.3, -0.25) is 0 Å². The molecule has 66 valence electrons. The average molecular weight is 172 g/mol. The smallest absolute Gasteiger partial charge is 0.227 e. The van der Waals surface area contributed by atoms with Crippen molar-refractivity contribution in [1.82, 2.24) is 0 Å². The van der Waals surface area contributed by atoms with Gasteiger partial charge in [-0.05, 0) is 43.9 Å². The van der Waals surface area contributed by atoms with Crippen molar-refractivity contribution in [2.45, 2.75) is 32.1 Å². The molecule has 0 N–H and O–H groups in total. The van der Waals surface area contributed by atoms with Crippen LogP contribution in [0.2, 0.25) is 0 Å². The Hall–Kier alpha value is -1.28. The minimum absolute atomic E-state index is 0.372. The van der Waals surface area contributed by atoms with Crippen LogP contribution in [-0.4, -0.2) is 0 Å². The van der Waals surface area contributed by atoms with Crippen molar-refractivity contribution < 1.29 is 0 Å². The lowest BCUT2D eigenvalue weighted by Gasteiger charge is -2.21. The third kappa shape index (κ3) is 1.45. The summed E-state index contributed by atoms with van der Waals surface area (Å²) in [7, 11) is 0. The molecule has 0 heterocycles. The molecule has 0 aliphatic heterocycles. The third-order valence-electron chi connectivity index (χ3n) is 3.27. The minimum atomic E-state index is 0.372. The van der Waals surface area contributed by atoms with Crippen LogP contribution in [0, 0.1) is 29.7 Å². The number of allylic oxidation sites excluding steroid dienone is 2. The van der Waals surface area contributed by atoms with E-state index in [0.717, 1.165) is 30.3 Å². The largest absolute Gasteiger partial charge is 0.261 e. The zero-order valence-electron chi connectivity index (χ0n) is 7.58. The molecule has 2 bridgehead atoms. The highest BCUT2D eigenvalue weighted by Gasteiger charge is 2.32. The van der Waals surface area contributed by atoms with Crippen molar-refractivity contribution in [3.63, 3.8) is 0 Å². The summed E-state index contributed by atoms with van der Waals surface area (Å²) in [5.74, 6) is 1.55. The van der Waals surface area contributed by atoms with E-state index in [-0.39, 0.29) is 0 Å². The number of rotatable bonds is 0. The van der Waals surface area contributed by atoms with Crippen molar-refractivity contribution >= 4 is 0 Å². The molecule has 2 rings (SSSR count). The van der Waals surface area contributed by atoms with Gasteiger partial charge in [-0.2, -0.15) is 0 Å². The van der Waals surface area contributed by atoms with Gasteiger partial charge in [0.25, 0.3) is 5.70 Å². The zero-order valence-corrected chi connectivity index (χ0v) is 7.58. The Morgan fingerprint density at radius 2 is 2.00 bits per heavy atom. The molecule has 0 saturated heterocycles. The van der Waals surface area contributed by atoms with Gasteiger partial charge in [-0.15, -0.1) is 0 Å². The van der Waals surface area contributed by atoms with Crippen molar-refractivity contribution in [3.05, 3.63) is 22.7 Å². The fourth-order valence-corrected chi connectivity index (χ4v) is 2.71. The van der Waals surface area contributed by atoms with E-state index in [0.29, 0.717) is 5.70 Å². The van der Waals surface area contributed by atoms with E-state index in [2.05, 4.69) is 4.85 Å². The lowest BCUT2D eigenvalue weighted by atomic mass is 9.84. The molecular weight excluding hydrogens is 160 g/mol. The van der Waals surface area contributed by atoms with Gasteiger partial charge in [0.15, 0.2) is 0 Å². The second-order valence-corrected chi connectivity index (χ2v) is 4.13. The van der Waals surface area contributed by atoms with Gasteiger partial charge in [-0.25, -0.2) is 10.1 Å². The molecule has 0 aromatic carbocycles. The predicted molar refractivity (Wildman–Crippen MR) is 49.3 cm³/mol. The van der Waals surface area contributed by atoms with Gasteiger partial charge in [0.05, 0.1) is 12.6 Å². The Labute approximate surface area is 78.7 Å². The van der Waals surface area contributed by atoms with Crippen molar-refractivity contribution in [1.29, 1.82) is 5.26 Å². The van der Waals surface area contributed by atoms with E-state index in [1.165, 1.54) is 19.3 Å². The summed E-state index contributed by atoms with van der Waals surface area (Å²) in [4.78, 5) is 3.30. The molecular formula is C11H12N2. The van der Waals surface area contributed by atoms with Crippen LogP contribution in [0.5, 0.6) is 0 Å². The molecule has 2 heteroatoms. The minimum Gasteiger partial charge on any atom is -0.227 e. The van der Waals surface area contributed by atoms with Crippen LogP contribution in [0.4, 0.5) is 0 Å². The van der Waals surface area contributed by atoms with Crippen LogP contribution in [0.25, 0.3) is 4.85 Å². The molecule has 2 fully saturated rings. The Morgan fingerprint density at radius 3 is 2.46 bits per heavy atom. The molecule has 2 nitrogen and oxygen atoms in total. The van der Waals surface area contributed by atoms with Crippen LogP contribution in [-0.2, 0) is 0 Å². The summed E-state index contributed by atoms with van der Waals surface area (Å²) in [6.45, 7) is 6.89. The van der Waals surface area contributed by atoms with Crippen LogP contribution in [0.1, 0.15) is 32.1 Å². The van der Waals surface area contributed by atoms with E-state index < -0.39 is 0 Å². The van der Waals surface area contributed by atoms with Crippen molar-refractivity contribution in [2.75, 3.05) is 0 Å². The van der Waals surface area contributed by atoms with Crippen molar-refractivity contribution in [2.24, 2.45) is 11.8 Å². The van der Waals surface area contributed by atoms with Gasteiger partial charge >= 0.3 is 0 Å². The topological polar surface area (TPSA) is 28.1 Å². The first-order valence-electron chi connectivity index (χ1n) is 4.83. The summed E-state index contributed by atoms with van der Waals surface area (Å²) < 4.78 is 0. The van der Waals surface area contributed by atoms with Gasteiger partial charge in [-0.1, -0.05) is 5.57 Å². The first-order chi connectivity index (χ1) is 6.33. The lowest BCUT2D eigenvalue weighted by Crippen LogP contribution is -2.08. The molecule has 2 aliphatic carbocycles. The van der Waals surface area contributed by atoms with Crippen LogP contribution < -0.4 is 0 Å². The standard InChI is InChI=1S/C11H12N2/c1-13-11(7-12)10-5-8-2-3-9(4-8)6-10/h8-9H,2-6H2. The predicted octanol–water partition coefficient (Wildman–Crippen LogP) is 2.89. The fourth-order valence-electron chi connectivity index (χ4n) is 2.71. The van der Waals surface area contributed by atoms with E-state index in [1.54, 1.807) is 0 Å². The second-order valence-electron chi connectivity index (χ2n) is 4.13. The maximum atomic E-state index is 8.75. The Kier molecular flexibility index (Phi) is 2.07. The summed E-state index contributed by atoms with van der Waals surface area (Å²) in [6.07, 6.45) is 5.99. The number of hydrogen-bond acceptors (Lipinski definition) is 1. The summed E-state index contributed by atoms with van der Waals surface area (Å²) in [6, 6.07) is 2.02. The molecule has 0 aromatic rings. The third-order valence-corrected chi connectivity index (χ3v) is 3.27. The van der Waals surface area contributed by atoms with E-state index in [1.807, 2.05) is 6.07 Å².